The predicted molar refractivity (Wildman–Crippen MR) is 168 cm³/mol. The minimum absolute atomic E-state index is 0.0808. The molecule has 3 aromatic carbocycles. The quantitative estimate of drug-likeness (QED) is 0.237. The Bertz CT molecular complexity index is 1440. The van der Waals surface area contributed by atoms with Crippen molar-refractivity contribution in [3.8, 4) is 0 Å². The van der Waals surface area contributed by atoms with E-state index < -0.39 is 0 Å². The highest BCUT2D eigenvalue weighted by molar-refractivity contribution is 5.94. The van der Waals surface area contributed by atoms with Crippen molar-refractivity contribution in [2.75, 3.05) is 32.7 Å². The van der Waals surface area contributed by atoms with Gasteiger partial charge in [-0.05, 0) is 84.6 Å². The molecule has 2 N–H and O–H groups in total. The molecule has 42 heavy (non-hydrogen) atoms. The van der Waals surface area contributed by atoms with Crippen LogP contribution in [0.4, 0.5) is 0 Å². The minimum atomic E-state index is -0.0808. The lowest BCUT2D eigenvalue weighted by atomic mass is 9.95. The van der Waals surface area contributed by atoms with Gasteiger partial charge in [0.2, 0.25) is 5.91 Å². The summed E-state index contributed by atoms with van der Waals surface area (Å²) in [6.45, 7) is 8.20. The van der Waals surface area contributed by atoms with Crippen molar-refractivity contribution in [3.05, 3.63) is 114 Å². The second-order valence-electron chi connectivity index (χ2n) is 11.0. The number of hydrogen-bond donors (Lipinski definition) is 2. The lowest BCUT2D eigenvalue weighted by molar-refractivity contribution is -0.136. The highest BCUT2D eigenvalue weighted by atomic mass is 16.2. The molecular weight excluding hydrogens is 522 g/mol. The molecular formula is C35H41N5O2. The van der Waals surface area contributed by atoms with E-state index in [1.54, 1.807) is 0 Å². The van der Waals surface area contributed by atoms with Crippen LogP contribution in [0.3, 0.4) is 0 Å². The predicted octanol–water partition coefficient (Wildman–Crippen LogP) is 5.02. The maximum atomic E-state index is 13.2. The normalized spacial score (nSPS) is 14.1. The maximum absolute atomic E-state index is 13.2. The molecule has 0 bridgehead atoms. The van der Waals surface area contributed by atoms with Gasteiger partial charge in [0.25, 0.3) is 5.91 Å². The molecule has 0 atom stereocenters. The summed E-state index contributed by atoms with van der Waals surface area (Å²) in [6, 6.07) is 26.2. The van der Waals surface area contributed by atoms with Crippen molar-refractivity contribution in [1.29, 1.82) is 0 Å². The summed E-state index contributed by atoms with van der Waals surface area (Å²) in [5.41, 5.74) is 4.13. The number of carbonyl (C=O) groups excluding carboxylic acids is 2. The van der Waals surface area contributed by atoms with Gasteiger partial charge in [0, 0.05) is 63.1 Å². The van der Waals surface area contributed by atoms with Gasteiger partial charge in [-0.25, -0.2) is 0 Å². The minimum Gasteiger partial charge on any atom is -0.348 e. The van der Waals surface area contributed by atoms with Crippen LogP contribution in [0.1, 0.15) is 46.8 Å². The third-order valence-corrected chi connectivity index (χ3v) is 8.21. The Labute approximate surface area is 248 Å². The number of likely N-dealkylation sites (N-methyl/N-ethyl adjacent to an activating group) is 1. The largest absolute Gasteiger partial charge is 0.348 e. The third kappa shape index (κ3) is 7.81. The molecule has 0 saturated carbocycles. The van der Waals surface area contributed by atoms with E-state index in [4.69, 9.17) is 0 Å². The molecule has 1 aromatic heterocycles. The van der Waals surface area contributed by atoms with Crippen LogP contribution in [0.15, 0.2) is 91.3 Å². The SMILES string of the molecule is CCN(CCNCc1ccc(C(=O)NCc2cccc3ccccc23)cc1)C(=O)C1CCN(Cc2ccncc2)CC1. The van der Waals surface area contributed by atoms with Crippen molar-refractivity contribution in [2.24, 2.45) is 5.92 Å². The molecule has 7 heteroatoms. The molecule has 0 radical (unpaired) electrons. The van der Waals surface area contributed by atoms with Crippen molar-refractivity contribution in [3.63, 3.8) is 0 Å². The van der Waals surface area contributed by atoms with E-state index in [0.29, 0.717) is 25.2 Å². The van der Waals surface area contributed by atoms with Crippen molar-refractivity contribution >= 4 is 22.6 Å². The Morgan fingerprint density at radius 3 is 2.38 bits per heavy atom. The molecule has 2 amide bonds. The first-order valence-electron chi connectivity index (χ1n) is 15.0. The second-order valence-corrected chi connectivity index (χ2v) is 11.0. The topological polar surface area (TPSA) is 77.6 Å². The zero-order chi connectivity index (χ0) is 29.1. The lowest BCUT2D eigenvalue weighted by Crippen LogP contribution is -2.44. The van der Waals surface area contributed by atoms with Gasteiger partial charge in [-0.15, -0.1) is 0 Å². The van der Waals surface area contributed by atoms with Gasteiger partial charge in [0.15, 0.2) is 0 Å². The Morgan fingerprint density at radius 2 is 1.62 bits per heavy atom. The Balaban J connectivity index is 1.02. The number of fused-ring (bicyclic) bond motifs is 1. The number of amides is 2. The van der Waals surface area contributed by atoms with Crippen LogP contribution in [0.5, 0.6) is 0 Å². The molecule has 1 aliphatic rings. The van der Waals surface area contributed by atoms with Crippen LogP contribution in [0.25, 0.3) is 10.8 Å². The van der Waals surface area contributed by atoms with Crippen LogP contribution in [0, 0.1) is 5.92 Å². The zero-order valence-corrected chi connectivity index (χ0v) is 24.5. The van der Waals surface area contributed by atoms with Gasteiger partial charge in [-0.1, -0.05) is 54.6 Å². The van der Waals surface area contributed by atoms with E-state index >= 15 is 0 Å². The smallest absolute Gasteiger partial charge is 0.251 e. The number of pyridine rings is 1. The molecule has 1 fully saturated rings. The summed E-state index contributed by atoms with van der Waals surface area (Å²) in [6.07, 6.45) is 5.49. The first-order chi connectivity index (χ1) is 20.6. The van der Waals surface area contributed by atoms with Gasteiger partial charge in [-0.2, -0.15) is 0 Å². The van der Waals surface area contributed by atoms with Crippen LogP contribution in [-0.4, -0.2) is 59.3 Å². The van der Waals surface area contributed by atoms with Crippen LogP contribution in [-0.2, 0) is 24.4 Å². The molecule has 0 unspecified atom stereocenters. The van der Waals surface area contributed by atoms with Crippen LogP contribution >= 0.6 is 0 Å². The van der Waals surface area contributed by atoms with Crippen LogP contribution < -0.4 is 10.6 Å². The summed E-state index contributed by atoms with van der Waals surface area (Å²) in [5.74, 6) is 0.308. The molecule has 1 saturated heterocycles. The third-order valence-electron chi connectivity index (χ3n) is 8.21. The summed E-state index contributed by atoms with van der Waals surface area (Å²) in [5, 5.41) is 8.85. The van der Waals surface area contributed by atoms with E-state index in [1.807, 2.05) is 59.8 Å². The van der Waals surface area contributed by atoms with Gasteiger partial charge in [-0.3, -0.25) is 19.5 Å². The zero-order valence-electron chi connectivity index (χ0n) is 24.5. The van der Waals surface area contributed by atoms with Crippen molar-refractivity contribution in [2.45, 2.75) is 39.4 Å². The molecule has 7 nitrogen and oxygen atoms in total. The van der Waals surface area contributed by atoms with Crippen molar-refractivity contribution in [1.82, 2.24) is 25.4 Å². The van der Waals surface area contributed by atoms with E-state index in [0.717, 1.165) is 62.1 Å². The first kappa shape index (κ1) is 29.4. The number of likely N-dealkylation sites (tertiary alicyclic amines) is 1. The molecule has 218 valence electrons. The lowest BCUT2D eigenvalue weighted by Gasteiger charge is -2.34. The van der Waals surface area contributed by atoms with Gasteiger partial charge in [0.05, 0.1) is 0 Å². The molecule has 0 spiro atoms. The van der Waals surface area contributed by atoms with Gasteiger partial charge in [0.1, 0.15) is 0 Å². The molecule has 1 aliphatic heterocycles. The average Bonchev–Trinajstić information content (AvgIpc) is 3.04. The standard InChI is InChI=1S/C35H41N5O2/c1-2-40(35(42)31-16-21-39(22-17-31)26-28-14-18-36-19-15-28)23-20-37-24-27-10-12-30(13-11-27)34(41)38-25-32-8-5-7-29-6-3-4-9-33(29)32/h3-15,18-19,31,37H,2,16-17,20-26H2,1H3,(H,38,41). The number of piperidine rings is 1. The first-order valence-corrected chi connectivity index (χ1v) is 15.0. The summed E-state index contributed by atoms with van der Waals surface area (Å²) in [7, 11) is 0. The highest BCUT2D eigenvalue weighted by Crippen LogP contribution is 2.21. The Kier molecular flexibility index (Phi) is 10.3. The summed E-state index contributed by atoms with van der Waals surface area (Å²) < 4.78 is 0. The van der Waals surface area contributed by atoms with Crippen LogP contribution in [0.2, 0.25) is 0 Å². The second kappa shape index (κ2) is 14.7. The van der Waals surface area contributed by atoms with E-state index in [1.165, 1.54) is 10.9 Å². The Morgan fingerprint density at radius 1 is 0.881 bits per heavy atom. The summed E-state index contributed by atoms with van der Waals surface area (Å²) in [4.78, 5) is 34.5. The van der Waals surface area contributed by atoms with Crippen molar-refractivity contribution < 1.29 is 9.59 Å². The highest BCUT2D eigenvalue weighted by Gasteiger charge is 2.27. The van der Waals surface area contributed by atoms with Gasteiger partial charge >= 0.3 is 0 Å². The van der Waals surface area contributed by atoms with E-state index in [-0.39, 0.29) is 17.7 Å². The Hall–Kier alpha value is -4.07. The summed E-state index contributed by atoms with van der Waals surface area (Å²) >= 11 is 0. The fraction of sp³-hybridized carbons (Fsp3) is 0.343. The number of rotatable bonds is 12. The molecule has 0 aliphatic carbocycles. The fourth-order valence-electron chi connectivity index (χ4n) is 5.71. The number of nitrogens with zero attached hydrogens (tertiary/aromatic N) is 3. The number of aromatic nitrogens is 1. The molecule has 2 heterocycles. The maximum Gasteiger partial charge on any atom is 0.251 e. The average molecular weight is 564 g/mol. The fourth-order valence-corrected chi connectivity index (χ4v) is 5.71. The molecule has 5 rings (SSSR count). The van der Waals surface area contributed by atoms with E-state index in [2.05, 4.69) is 63.8 Å². The number of benzene rings is 3. The number of carbonyl (C=O) groups is 2. The van der Waals surface area contributed by atoms with E-state index in [9.17, 15) is 9.59 Å². The van der Waals surface area contributed by atoms with Gasteiger partial charge < -0.3 is 15.5 Å². The monoisotopic (exact) mass is 563 g/mol. The number of hydrogen-bond acceptors (Lipinski definition) is 5. The molecule has 4 aromatic rings. The number of nitrogens with one attached hydrogen (secondary N) is 2.